The molecular weight excluding hydrogens is 298 g/mol. The van der Waals surface area contributed by atoms with Gasteiger partial charge in [0.2, 0.25) is 5.52 Å². The summed E-state index contributed by atoms with van der Waals surface area (Å²) in [6.07, 6.45) is 0. The third-order valence-electron chi connectivity index (χ3n) is 3.53. The van der Waals surface area contributed by atoms with Crippen LogP contribution in [-0.4, -0.2) is 29.3 Å². The molecule has 118 valence electrons. The number of hydrogen-bond acceptors (Lipinski definition) is 7. The molecule has 3 aromatic rings. The summed E-state index contributed by atoms with van der Waals surface area (Å²) in [6.45, 7) is 0.563. The first-order valence-corrected chi connectivity index (χ1v) is 6.96. The van der Waals surface area contributed by atoms with Crippen molar-refractivity contribution in [1.29, 1.82) is 0 Å². The van der Waals surface area contributed by atoms with Gasteiger partial charge in [0, 0.05) is 32.4 Å². The molecule has 2 aromatic carbocycles. The molecule has 0 atom stereocenters. The lowest BCUT2D eigenvalue weighted by atomic mass is 10.2. The number of fused-ring (bicyclic) bond motifs is 1. The molecule has 1 aromatic heterocycles. The fourth-order valence-corrected chi connectivity index (χ4v) is 2.25. The molecule has 0 radical (unpaired) electrons. The molecule has 0 unspecified atom stereocenters. The second kappa shape index (κ2) is 5.91. The highest BCUT2D eigenvalue weighted by molar-refractivity contribution is 5.93. The van der Waals surface area contributed by atoms with Crippen LogP contribution in [0.2, 0.25) is 0 Å². The molecule has 0 saturated carbocycles. The predicted octanol–water partition coefficient (Wildman–Crippen LogP) is 2.81. The van der Waals surface area contributed by atoms with Crippen LogP contribution in [0.4, 0.5) is 17.1 Å². The Morgan fingerprint density at radius 3 is 2.48 bits per heavy atom. The van der Waals surface area contributed by atoms with Gasteiger partial charge in [0.05, 0.1) is 10.6 Å². The molecule has 8 heteroatoms. The molecule has 3 rings (SSSR count). The summed E-state index contributed by atoms with van der Waals surface area (Å²) in [5.74, 6) is 0. The van der Waals surface area contributed by atoms with Crippen LogP contribution in [0.3, 0.4) is 0 Å². The summed E-state index contributed by atoms with van der Waals surface area (Å²) < 4.78 is 4.64. The van der Waals surface area contributed by atoms with E-state index < -0.39 is 4.92 Å². The predicted molar refractivity (Wildman–Crippen MR) is 86.6 cm³/mol. The first-order valence-electron chi connectivity index (χ1n) is 6.96. The van der Waals surface area contributed by atoms with Crippen LogP contribution >= 0.6 is 0 Å². The Balaban J connectivity index is 1.81. The standard InChI is InChI=1S/C15H15N5O3/c1-19(2)11-5-3-10(4-6-11)9-16-12-7-8-13(20(21)22)15-14(12)17-23-18-15/h3-8,16H,9H2,1-2H3. The molecule has 0 amide bonds. The van der Waals surface area contributed by atoms with Crippen molar-refractivity contribution in [2.24, 2.45) is 0 Å². The summed E-state index contributed by atoms with van der Waals surface area (Å²) in [6, 6.07) is 11.1. The van der Waals surface area contributed by atoms with Crippen molar-refractivity contribution in [3.63, 3.8) is 0 Å². The average molecular weight is 313 g/mol. The number of hydrogen-bond donors (Lipinski definition) is 1. The number of anilines is 2. The number of non-ortho nitro benzene ring substituents is 1. The van der Waals surface area contributed by atoms with E-state index in [4.69, 9.17) is 0 Å². The Hall–Kier alpha value is -3.16. The second-order valence-corrected chi connectivity index (χ2v) is 5.27. The van der Waals surface area contributed by atoms with Gasteiger partial charge in [0.25, 0.3) is 0 Å². The lowest BCUT2D eigenvalue weighted by Gasteiger charge is -2.13. The first-order chi connectivity index (χ1) is 11.1. The number of aromatic nitrogens is 2. The molecular formula is C15H15N5O3. The molecule has 0 saturated heterocycles. The van der Waals surface area contributed by atoms with Crippen molar-refractivity contribution < 1.29 is 9.55 Å². The van der Waals surface area contributed by atoms with Gasteiger partial charge in [-0.1, -0.05) is 12.1 Å². The minimum atomic E-state index is -0.504. The second-order valence-electron chi connectivity index (χ2n) is 5.27. The maximum atomic E-state index is 11.0. The van der Waals surface area contributed by atoms with Crippen LogP contribution in [0.1, 0.15) is 5.56 Å². The van der Waals surface area contributed by atoms with E-state index in [0.29, 0.717) is 17.7 Å². The Morgan fingerprint density at radius 2 is 1.83 bits per heavy atom. The molecule has 0 aliphatic carbocycles. The smallest absolute Gasteiger partial charge is 0.300 e. The maximum Gasteiger partial charge on any atom is 0.300 e. The SMILES string of the molecule is CN(C)c1ccc(CNc2ccc([N+](=O)[O-])c3nonc23)cc1. The highest BCUT2D eigenvalue weighted by Gasteiger charge is 2.19. The first kappa shape index (κ1) is 14.8. The third kappa shape index (κ3) is 2.91. The molecule has 0 aliphatic rings. The minimum Gasteiger partial charge on any atom is -0.379 e. The van der Waals surface area contributed by atoms with Gasteiger partial charge in [-0.15, -0.1) is 0 Å². The molecule has 0 fully saturated rings. The average Bonchev–Trinajstić information content (AvgIpc) is 3.02. The third-order valence-corrected chi connectivity index (χ3v) is 3.53. The van der Waals surface area contributed by atoms with Crippen LogP contribution in [-0.2, 0) is 6.54 Å². The van der Waals surface area contributed by atoms with Gasteiger partial charge in [0.15, 0.2) is 5.52 Å². The lowest BCUT2D eigenvalue weighted by molar-refractivity contribution is -0.383. The van der Waals surface area contributed by atoms with Crippen molar-refractivity contribution in [2.75, 3.05) is 24.3 Å². The van der Waals surface area contributed by atoms with E-state index in [9.17, 15) is 10.1 Å². The van der Waals surface area contributed by atoms with Crippen LogP contribution in [0.5, 0.6) is 0 Å². The maximum absolute atomic E-state index is 11.0. The molecule has 1 N–H and O–H groups in total. The Kier molecular flexibility index (Phi) is 3.80. The summed E-state index contributed by atoms with van der Waals surface area (Å²) in [5, 5.41) is 21.5. The van der Waals surface area contributed by atoms with E-state index in [1.165, 1.54) is 6.07 Å². The van der Waals surface area contributed by atoms with Crippen molar-refractivity contribution in [2.45, 2.75) is 6.54 Å². The number of benzene rings is 2. The highest BCUT2D eigenvalue weighted by atomic mass is 16.6. The number of nitrogens with one attached hydrogen (secondary N) is 1. The van der Waals surface area contributed by atoms with Gasteiger partial charge in [0.1, 0.15) is 0 Å². The fraction of sp³-hybridized carbons (Fsp3) is 0.200. The van der Waals surface area contributed by atoms with E-state index in [-0.39, 0.29) is 11.2 Å². The zero-order chi connectivity index (χ0) is 16.4. The molecule has 23 heavy (non-hydrogen) atoms. The van der Waals surface area contributed by atoms with E-state index >= 15 is 0 Å². The van der Waals surface area contributed by atoms with E-state index in [1.807, 2.05) is 43.3 Å². The van der Waals surface area contributed by atoms with Crippen LogP contribution in [0.25, 0.3) is 11.0 Å². The number of nitrogens with zero attached hydrogens (tertiary/aromatic N) is 4. The number of nitro benzene ring substituents is 1. The largest absolute Gasteiger partial charge is 0.379 e. The zero-order valence-corrected chi connectivity index (χ0v) is 12.7. The Labute approximate surface area is 131 Å². The topological polar surface area (TPSA) is 97.3 Å². The summed E-state index contributed by atoms with van der Waals surface area (Å²) >= 11 is 0. The van der Waals surface area contributed by atoms with Gasteiger partial charge < -0.3 is 10.2 Å². The Bertz CT molecular complexity index is 842. The number of rotatable bonds is 5. The van der Waals surface area contributed by atoms with Crippen LogP contribution in [0.15, 0.2) is 41.0 Å². The van der Waals surface area contributed by atoms with Gasteiger partial charge >= 0.3 is 5.69 Å². The molecule has 0 spiro atoms. The minimum absolute atomic E-state index is 0.123. The van der Waals surface area contributed by atoms with Crippen molar-refractivity contribution in [3.05, 3.63) is 52.1 Å². The molecule has 0 bridgehead atoms. The van der Waals surface area contributed by atoms with Crippen LogP contribution < -0.4 is 10.2 Å². The molecule has 0 aliphatic heterocycles. The lowest BCUT2D eigenvalue weighted by Crippen LogP contribution is -2.08. The quantitative estimate of drug-likeness (QED) is 0.571. The molecule has 1 heterocycles. The van der Waals surface area contributed by atoms with Gasteiger partial charge in [-0.2, -0.15) is 0 Å². The monoisotopic (exact) mass is 313 g/mol. The Morgan fingerprint density at radius 1 is 1.13 bits per heavy atom. The summed E-state index contributed by atoms with van der Waals surface area (Å²) in [4.78, 5) is 12.5. The van der Waals surface area contributed by atoms with E-state index in [1.54, 1.807) is 6.07 Å². The number of nitro groups is 1. The highest BCUT2D eigenvalue weighted by Crippen LogP contribution is 2.29. The van der Waals surface area contributed by atoms with Crippen LogP contribution in [0, 0.1) is 10.1 Å². The normalized spacial score (nSPS) is 10.7. The van der Waals surface area contributed by atoms with Crippen molar-refractivity contribution in [1.82, 2.24) is 10.3 Å². The van der Waals surface area contributed by atoms with Gasteiger partial charge in [-0.3, -0.25) is 10.1 Å². The van der Waals surface area contributed by atoms with Gasteiger partial charge in [-0.25, -0.2) is 4.63 Å². The molecule has 8 nitrogen and oxygen atoms in total. The zero-order valence-electron chi connectivity index (χ0n) is 12.7. The van der Waals surface area contributed by atoms with E-state index in [2.05, 4.69) is 20.3 Å². The summed E-state index contributed by atoms with van der Waals surface area (Å²) in [5.41, 5.74) is 3.21. The van der Waals surface area contributed by atoms with Crippen molar-refractivity contribution >= 4 is 28.1 Å². The fourth-order valence-electron chi connectivity index (χ4n) is 2.25. The van der Waals surface area contributed by atoms with E-state index in [0.717, 1.165) is 11.3 Å². The van der Waals surface area contributed by atoms with Crippen molar-refractivity contribution in [3.8, 4) is 0 Å². The summed E-state index contributed by atoms with van der Waals surface area (Å²) in [7, 11) is 3.97. The van der Waals surface area contributed by atoms with Gasteiger partial charge in [-0.05, 0) is 34.1 Å².